The van der Waals surface area contributed by atoms with E-state index in [1.165, 1.54) is 60.3 Å². The lowest BCUT2D eigenvalue weighted by atomic mass is 10.0. The standard InChI is InChI=1S/C54H48N14O10S6/c1-23(2)38-53-68-41(34(84-53)19-78-5)46(74)57-18-37(70)65-42(43(71)25-9-7-6-8-10-25)52-62-32(21-80-52)49-58-17-33(83-49)40-27(12-14-28(59-40)50-64-35(22-81-50)63-44(72)26-11-13-29(54(76)77)56-16-26)48-61-31(20-79-48)45(73)60-30(15-36(69)55-4)51-67-39(24(3)82-51)47(75)66-38/h6-14,16-17,20-23,30,38,42-43,71H,15,18-19H2,1-5H3,(H,55,69)(H,57,74)(H,60,73)(H,63,72)(H,65,70)(H,66,75)(H,76,77)/t30-,38-,42-,43-/m0/s1. The quantitative estimate of drug-likeness (QED) is 0.0616. The maximum atomic E-state index is 14.3. The molecule has 9 aromatic rings. The van der Waals surface area contributed by atoms with Crippen LogP contribution in [0.4, 0.5) is 5.82 Å². The Balaban J connectivity index is 1.04. The zero-order chi connectivity index (χ0) is 59.3. The molecular formula is C54H48N14O10S6. The summed E-state index contributed by atoms with van der Waals surface area (Å²) < 4.78 is 5.44. The van der Waals surface area contributed by atoms with Crippen LogP contribution in [0, 0.1) is 12.8 Å². The van der Waals surface area contributed by atoms with E-state index in [2.05, 4.69) is 51.8 Å². The summed E-state index contributed by atoms with van der Waals surface area (Å²) in [5.74, 6) is -4.80. The number of ether oxygens (including phenoxy) is 1. The van der Waals surface area contributed by atoms with Gasteiger partial charge >= 0.3 is 5.97 Å². The van der Waals surface area contributed by atoms with E-state index >= 15 is 0 Å². The molecule has 30 heteroatoms. The third-order valence-electron chi connectivity index (χ3n) is 12.7. The fourth-order valence-corrected chi connectivity index (χ4v) is 14.1. The number of rotatable bonds is 11. The monoisotopic (exact) mass is 1240 g/mol. The summed E-state index contributed by atoms with van der Waals surface area (Å²) in [7, 11) is 2.93. The molecule has 0 saturated heterocycles. The number of methoxy groups -OCH3 is 1. The second kappa shape index (κ2) is 25.6. The largest absolute Gasteiger partial charge is 0.477 e. The predicted octanol–water partition coefficient (Wildman–Crippen LogP) is 7.66. The number of carboxylic acid groups (broad SMARTS) is 1. The van der Waals surface area contributed by atoms with E-state index in [-0.39, 0.29) is 58.1 Å². The van der Waals surface area contributed by atoms with Crippen LogP contribution in [0.25, 0.3) is 42.5 Å². The molecule has 430 valence electrons. The molecule has 0 saturated carbocycles. The molecule has 6 amide bonds. The molecule has 9 heterocycles. The van der Waals surface area contributed by atoms with Gasteiger partial charge < -0.3 is 46.9 Å². The summed E-state index contributed by atoms with van der Waals surface area (Å²) >= 11 is 7.06. The van der Waals surface area contributed by atoms with E-state index < -0.39 is 72.2 Å². The highest BCUT2D eigenvalue weighted by atomic mass is 32.1. The van der Waals surface area contributed by atoms with Gasteiger partial charge in [0.15, 0.2) is 0 Å². The first-order chi connectivity index (χ1) is 40.4. The van der Waals surface area contributed by atoms with Crippen molar-refractivity contribution in [3.05, 3.63) is 142 Å². The van der Waals surface area contributed by atoms with E-state index in [4.69, 9.17) is 24.7 Å². The number of aliphatic hydroxyl groups excluding tert-OH is 1. The number of pyridine rings is 2. The molecule has 0 spiro atoms. The van der Waals surface area contributed by atoms with Gasteiger partial charge in [0, 0.05) is 53.1 Å². The summed E-state index contributed by atoms with van der Waals surface area (Å²) in [6.45, 7) is 4.92. The summed E-state index contributed by atoms with van der Waals surface area (Å²) in [5.41, 5.74) is 2.13. The van der Waals surface area contributed by atoms with E-state index in [1.54, 1.807) is 71.7 Å². The number of hydrogen-bond donors (Lipinski definition) is 8. The van der Waals surface area contributed by atoms with Crippen LogP contribution in [0.1, 0.15) is 127 Å². The Morgan fingerprint density at radius 1 is 0.714 bits per heavy atom. The molecule has 24 nitrogen and oxygen atoms in total. The number of fused-ring (bicyclic) bond motifs is 14. The van der Waals surface area contributed by atoms with Crippen molar-refractivity contribution >= 4 is 115 Å². The van der Waals surface area contributed by atoms with Gasteiger partial charge in [-0.3, -0.25) is 28.8 Å². The van der Waals surface area contributed by atoms with Crippen LogP contribution in [-0.4, -0.2) is 112 Å². The zero-order valence-electron chi connectivity index (χ0n) is 44.8. The third-order valence-corrected chi connectivity index (χ3v) is 18.6. The number of thiazole rings is 6. The Kier molecular flexibility index (Phi) is 17.9. The van der Waals surface area contributed by atoms with Crippen molar-refractivity contribution in [3.8, 4) is 42.5 Å². The van der Waals surface area contributed by atoms with E-state index in [1.807, 2.05) is 13.8 Å². The summed E-state index contributed by atoms with van der Waals surface area (Å²) in [5, 5.41) is 45.1. The third kappa shape index (κ3) is 13.0. The van der Waals surface area contributed by atoms with E-state index in [0.29, 0.717) is 67.9 Å². The maximum Gasteiger partial charge on any atom is 0.354 e. The second-order valence-corrected chi connectivity index (χ2v) is 24.8. The number of nitrogens with one attached hydrogen (secondary N) is 6. The number of hydrogen-bond acceptors (Lipinski definition) is 23. The first-order valence-corrected chi connectivity index (χ1v) is 30.5. The van der Waals surface area contributed by atoms with Crippen LogP contribution in [0.15, 0.2) is 83.1 Å². The van der Waals surface area contributed by atoms with Crippen molar-refractivity contribution in [2.45, 2.75) is 58.0 Å². The molecule has 0 aliphatic carbocycles. The predicted molar refractivity (Wildman–Crippen MR) is 316 cm³/mol. The van der Waals surface area contributed by atoms with Crippen molar-refractivity contribution in [1.82, 2.24) is 66.5 Å². The van der Waals surface area contributed by atoms with Crippen LogP contribution in [0.2, 0.25) is 0 Å². The number of aromatic nitrogens is 8. The summed E-state index contributed by atoms with van der Waals surface area (Å²) in [4.78, 5) is 133. The Morgan fingerprint density at radius 2 is 1.49 bits per heavy atom. The number of aliphatic hydroxyl groups is 1. The normalized spacial score (nSPS) is 16.2. The smallest absolute Gasteiger partial charge is 0.354 e. The van der Waals surface area contributed by atoms with Gasteiger partial charge in [-0.1, -0.05) is 44.2 Å². The average Bonchev–Trinajstić information content (AvgIpc) is 3.76. The van der Waals surface area contributed by atoms with Crippen LogP contribution >= 0.6 is 68.0 Å². The Labute approximate surface area is 501 Å². The average molecular weight is 1250 g/mol. The van der Waals surface area contributed by atoms with Crippen molar-refractivity contribution in [3.63, 3.8) is 0 Å². The molecule has 10 rings (SSSR count). The van der Waals surface area contributed by atoms with Crippen molar-refractivity contribution in [1.29, 1.82) is 0 Å². The zero-order valence-corrected chi connectivity index (χ0v) is 49.7. The van der Waals surface area contributed by atoms with E-state index in [9.17, 15) is 43.8 Å². The SMILES string of the molecule is CNC(=O)C[C@@H]1NC(=O)c2csc(n2)-c2ccc(-c3nc(NC(=O)c4ccc(C(=O)O)nc4)cs3)nc2-c2cnc(s2)-c2csc(n2)[C@H]([C@@H](O)c2ccccc2)NC(=O)CNC(=O)c2nc(sc2COC)[C@H](C(C)C)NC(=O)c2nc1sc2C. The second-order valence-electron chi connectivity index (χ2n) is 18.9. The molecule has 84 heavy (non-hydrogen) atoms. The van der Waals surface area contributed by atoms with Gasteiger partial charge in [-0.25, -0.2) is 44.7 Å². The summed E-state index contributed by atoms with van der Waals surface area (Å²) in [6.07, 6.45) is 1.24. The fourth-order valence-electron chi connectivity index (χ4n) is 8.48. The number of benzene rings is 1. The number of aryl methyl sites for hydroxylation is 1. The molecular weight excluding hydrogens is 1200 g/mol. The van der Waals surface area contributed by atoms with Gasteiger partial charge in [0.25, 0.3) is 23.6 Å². The number of carboxylic acids is 1. The Morgan fingerprint density at radius 3 is 2.23 bits per heavy atom. The number of amides is 6. The molecule has 8 N–H and O–H groups in total. The lowest BCUT2D eigenvalue weighted by Gasteiger charge is -2.23. The highest BCUT2D eigenvalue weighted by Gasteiger charge is 2.33. The highest BCUT2D eigenvalue weighted by Crippen LogP contribution is 2.41. The van der Waals surface area contributed by atoms with Crippen LogP contribution in [0.3, 0.4) is 0 Å². The van der Waals surface area contributed by atoms with E-state index in [0.717, 1.165) is 40.2 Å². The molecule has 0 fully saturated rings. The number of aromatic carboxylic acids is 1. The minimum absolute atomic E-state index is 0.00495. The van der Waals surface area contributed by atoms with Gasteiger partial charge in [0.1, 0.15) is 76.5 Å². The number of nitrogens with zero attached hydrogens (tertiary/aromatic N) is 8. The Hall–Kier alpha value is -8.49. The maximum absolute atomic E-state index is 14.3. The number of carbonyl (C=O) groups excluding carboxylic acids is 6. The minimum Gasteiger partial charge on any atom is -0.477 e. The van der Waals surface area contributed by atoms with Gasteiger partial charge in [-0.05, 0) is 42.7 Å². The molecule has 1 aliphatic rings. The molecule has 0 unspecified atom stereocenters. The first-order valence-electron chi connectivity index (χ1n) is 25.4. The lowest BCUT2D eigenvalue weighted by Crippen LogP contribution is -2.40. The van der Waals surface area contributed by atoms with Gasteiger partial charge in [-0.15, -0.1) is 68.0 Å². The topological polar surface area (TPSA) is 344 Å². The number of carbonyl (C=O) groups is 7. The first kappa shape index (κ1) is 58.7. The van der Waals surface area contributed by atoms with Crippen LogP contribution < -0.4 is 31.9 Å². The number of anilines is 1. The van der Waals surface area contributed by atoms with Gasteiger partial charge in [-0.2, -0.15) is 0 Å². The van der Waals surface area contributed by atoms with Gasteiger partial charge in [0.05, 0.1) is 58.4 Å². The van der Waals surface area contributed by atoms with Crippen LogP contribution in [0.5, 0.6) is 0 Å². The molecule has 4 atom stereocenters. The lowest BCUT2D eigenvalue weighted by molar-refractivity contribution is -0.122. The summed E-state index contributed by atoms with van der Waals surface area (Å²) in [6, 6.07) is 11.9. The molecule has 0 radical (unpaired) electrons. The van der Waals surface area contributed by atoms with Crippen molar-refractivity contribution in [2.24, 2.45) is 5.92 Å². The highest BCUT2D eigenvalue weighted by molar-refractivity contribution is 7.19. The van der Waals surface area contributed by atoms with Crippen molar-refractivity contribution < 1.29 is 48.5 Å². The molecule has 10 bridgehead atoms. The van der Waals surface area contributed by atoms with Crippen LogP contribution in [-0.2, 0) is 20.9 Å². The molecule has 1 aliphatic heterocycles. The minimum atomic E-state index is -1.29. The fraction of sp³-hybridized carbons (Fsp3) is 0.241. The van der Waals surface area contributed by atoms with Crippen molar-refractivity contribution in [2.75, 3.05) is 26.0 Å². The Bertz CT molecular complexity index is 3970. The van der Waals surface area contributed by atoms with Gasteiger partial charge in [0.2, 0.25) is 11.8 Å². The molecule has 1 aromatic carbocycles. The molecule has 8 aromatic heterocycles.